The van der Waals surface area contributed by atoms with Crippen LogP contribution in [0.25, 0.3) is 0 Å². The lowest BCUT2D eigenvalue weighted by molar-refractivity contribution is 0.264. The predicted molar refractivity (Wildman–Crippen MR) is 63.1 cm³/mol. The Bertz CT molecular complexity index is 331. The summed E-state index contributed by atoms with van der Waals surface area (Å²) >= 11 is 3.50. The van der Waals surface area contributed by atoms with Gasteiger partial charge in [-0.15, -0.1) is 0 Å². The minimum absolute atomic E-state index is 0.237. The fourth-order valence-electron chi connectivity index (χ4n) is 2.02. The highest BCUT2D eigenvalue weighted by Crippen LogP contribution is 2.37. The summed E-state index contributed by atoms with van der Waals surface area (Å²) in [7, 11) is 0. The van der Waals surface area contributed by atoms with Crippen LogP contribution in [-0.4, -0.2) is 0 Å². The van der Waals surface area contributed by atoms with Crippen molar-refractivity contribution in [3.8, 4) is 0 Å². The number of halogens is 1. The molecular weight excluding hydrogens is 238 g/mol. The first-order chi connectivity index (χ1) is 6.68. The zero-order valence-electron chi connectivity index (χ0n) is 8.46. The molecule has 1 atom stereocenters. The molecule has 0 amide bonds. The molecule has 1 aliphatic carbocycles. The normalized spacial score (nSPS) is 19.1. The van der Waals surface area contributed by atoms with Gasteiger partial charge in [0.15, 0.2) is 0 Å². The third-order valence-electron chi connectivity index (χ3n) is 3.26. The molecule has 2 heteroatoms. The molecule has 1 aliphatic rings. The van der Waals surface area contributed by atoms with E-state index in [1.54, 1.807) is 0 Å². The van der Waals surface area contributed by atoms with E-state index in [0.717, 1.165) is 4.47 Å². The fraction of sp³-hybridized carbons (Fsp3) is 0.500. The molecule has 76 valence electrons. The van der Waals surface area contributed by atoms with Crippen molar-refractivity contribution in [1.82, 2.24) is 0 Å². The van der Waals surface area contributed by atoms with Crippen LogP contribution in [0.1, 0.15) is 36.4 Å². The second kappa shape index (κ2) is 4.03. The van der Waals surface area contributed by atoms with Gasteiger partial charge in [-0.3, -0.25) is 0 Å². The maximum atomic E-state index is 6.25. The molecule has 0 spiro atoms. The van der Waals surface area contributed by atoms with Crippen LogP contribution in [0.5, 0.6) is 0 Å². The predicted octanol–water partition coefficient (Wildman–Crippen LogP) is 3.56. The smallest absolute Gasteiger partial charge is 0.0326 e. The lowest BCUT2D eigenvalue weighted by Gasteiger charge is -2.32. The molecule has 14 heavy (non-hydrogen) atoms. The van der Waals surface area contributed by atoms with E-state index in [4.69, 9.17) is 5.73 Å². The first-order valence-corrected chi connectivity index (χ1v) is 5.99. The number of benzene rings is 1. The highest BCUT2D eigenvalue weighted by molar-refractivity contribution is 9.10. The van der Waals surface area contributed by atoms with Crippen LogP contribution < -0.4 is 5.73 Å². The van der Waals surface area contributed by atoms with Crippen molar-refractivity contribution < 1.29 is 0 Å². The summed E-state index contributed by atoms with van der Waals surface area (Å²) < 4.78 is 1.13. The van der Waals surface area contributed by atoms with E-state index in [1.165, 1.54) is 30.4 Å². The standard InChI is InChI=1S/C12H16BrN/c1-8-5-6-10(13)7-11(8)12(14)9-3-2-4-9/h5-7,9,12H,2-4,14H2,1H3/t12-/m1/s1. The van der Waals surface area contributed by atoms with Crippen molar-refractivity contribution >= 4 is 15.9 Å². The van der Waals surface area contributed by atoms with Gasteiger partial charge in [-0.25, -0.2) is 0 Å². The second-order valence-corrected chi connectivity index (χ2v) is 5.13. The quantitative estimate of drug-likeness (QED) is 0.858. The van der Waals surface area contributed by atoms with Gasteiger partial charge in [0.1, 0.15) is 0 Å². The Labute approximate surface area is 93.8 Å². The Morgan fingerprint density at radius 2 is 2.14 bits per heavy atom. The third-order valence-corrected chi connectivity index (χ3v) is 3.75. The monoisotopic (exact) mass is 253 g/mol. The van der Waals surface area contributed by atoms with E-state index < -0.39 is 0 Å². The third kappa shape index (κ3) is 1.86. The summed E-state index contributed by atoms with van der Waals surface area (Å²) in [5, 5.41) is 0. The molecular formula is C12H16BrN. The van der Waals surface area contributed by atoms with Crippen LogP contribution in [0.4, 0.5) is 0 Å². The lowest BCUT2D eigenvalue weighted by Crippen LogP contribution is -2.27. The number of hydrogen-bond acceptors (Lipinski definition) is 1. The number of hydrogen-bond donors (Lipinski definition) is 1. The highest BCUT2D eigenvalue weighted by atomic mass is 79.9. The van der Waals surface area contributed by atoms with Crippen LogP contribution in [0.2, 0.25) is 0 Å². The molecule has 2 rings (SSSR count). The van der Waals surface area contributed by atoms with Crippen molar-refractivity contribution in [2.24, 2.45) is 11.7 Å². The zero-order valence-corrected chi connectivity index (χ0v) is 10.0. The summed E-state index contributed by atoms with van der Waals surface area (Å²) in [6, 6.07) is 6.61. The molecule has 1 saturated carbocycles. The lowest BCUT2D eigenvalue weighted by atomic mass is 9.77. The highest BCUT2D eigenvalue weighted by Gasteiger charge is 2.26. The van der Waals surface area contributed by atoms with Crippen molar-refractivity contribution in [1.29, 1.82) is 0 Å². The molecule has 0 unspecified atom stereocenters. The van der Waals surface area contributed by atoms with Crippen molar-refractivity contribution in [3.63, 3.8) is 0 Å². The molecule has 2 N–H and O–H groups in total. The topological polar surface area (TPSA) is 26.0 Å². The Kier molecular flexibility index (Phi) is 2.93. The Morgan fingerprint density at radius 1 is 1.43 bits per heavy atom. The van der Waals surface area contributed by atoms with Crippen LogP contribution in [0.15, 0.2) is 22.7 Å². The molecule has 0 radical (unpaired) electrons. The number of aryl methyl sites for hydroxylation is 1. The van der Waals surface area contributed by atoms with Crippen molar-refractivity contribution in [2.45, 2.75) is 32.2 Å². The van der Waals surface area contributed by atoms with Crippen LogP contribution in [-0.2, 0) is 0 Å². The van der Waals surface area contributed by atoms with Gasteiger partial charge in [0, 0.05) is 10.5 Å². The molecule has 1 fully saturated rings. The minimum atomic E-state index is 0.237. The van der Waals surface area contributed by atoms with E-state index in [9.17, 15) is 0 Å². The van der Waals surface area contributed by atoms with E-state index in [-0.39, 0.29) is 6.04 Å². The van der Waals surface area contributed by atoms with Gasteiger partial charge in [-0.2, -0.15) is 0 Å². The Balaban J connectivity index is 2.24. The van der Waals surface area contributed by atoms with Crippen LogP contribution in [0, 0.1) is 12.8 Å². The van der Waals surface area contributed by atoms with Crippen molar-refractivity contribution in [3.05, 3.63) is 33.8 Å². The van der Waals surface area contributed by atoms with Gasteiger partial charge < -0.3 is 5.73 Å². The molecule has 0 saturated heterocycles. The summed E-state index contributed by atoms with van der Waals surface area (Å²) in [5.41, 5.74) is 8.87. The Hall–Kier alpha value is -0.340. The molecule has 0 bridgehead atoms. The number of rotatable bonds is 2. The number of nitrogens with two attached hydrogens (primary N) is 1. The SMILES string of the molecule is Cc1ccc(Br)cc1[C@H](N)C1CCC1. The van der Waals surface area contributed by atoms with E-state index in [1.807, 2.05) is 0 Å². The van der Waals surface area contributed by atoms with E-state index in [2.05, 4.69) is 41.1 Å². The van der Waals surface area contributed by atoms with Gasteiger partial charge in [-0.1, -0.05) is 28.4 Å². The summed E-state index contributed by atoms with van der Waals surface area (Å²) in [6.45, 7) is 2.14. The first kappa shape index (κ1) is 10.2. The molecule has 0 aromatic heterocycles. The van der Waals surface area contributed by atoms with Crippen LogP contribution >= 0.6 is 15.9 Å². The minimum Gasteiger partial charge on any atom is -0.324 e. The summed E-state index contributed by atoms with van der Waals surface area (Å²) in [4.78, 5) is 0. The zero-order chi connectivity index (χ0) is 10.1. The molecule has 1 aromatic carbocycles. The molecule has 0 aliphatic heterocycles. The molecule has 1 aromatic rings. The van der Waals surface area contributed by atoms with Crippen LogP contribution in [0.3, 0.4) is 0 Å². The van der Waals surface area contributed by atoms with Gasteiger partial charge in [0.2, 0.25) is 0 Å². The van der Waals surface area contributed by atoms with Gasteiger partial charge in [0.05, 0.1) is 0 Å². The van der Waals surface area contributed by atoms with Gasteiger partial charge in [-0.05, 0) is 48.9 Å². The van der Waals surface area contributed by atoms with Crippen molar-refractivity contribution in [2.75, 3.05) is 0 Å². The maximum Gasteiger partial charge on any atom is 0.0326 e. The van der Waals surface area contributed by atoms with Gasteiger partial charge >= 0.3 is 0 Å². The van der Waals surface area contributed by atoms with E-state index >= 15 is 0 Å². The average molecular weight is 254 g/mol. The second-order valence-electron chi connectivity index (χ2n) is 4.22. The maximum absolute atomic E-state index is 6.25. The summed E-state index contributed by atoms with van der Waals surface area (Å²) in [6.07, 6.45) is 3.95. The Morgan fingerprint density at radius 3 is 2.71 bits per heavy atom. The van der Waals surface area contributed by atoms with Gasteiger partial charge in [0.25, 0.3) is 0 Å². The largest absolute Gasteiger partial charge is 0.324 e. The molecule has 1 nitrogen and oxygen atoms in total. The molecule has 0 heterocycles. The average Bonchev–Trinajstić information content (AvgIpc) is 2.06. The fourth-order valence-corrected chi connectivity index (χ4v) is 2.40. The van der Waals surface area contributed by atoms with E-state index in [0.29, 0.717) is 5.92 Å². The summed E-state index contributed by atoms with van der Waals surface area (Å²) in [5.74, 6) is 0.711. The first-order valence-electron chi connectivity index (χ1n) is 5.20.